The number of carbonyl (C=O) groups excluding carboxylic acids is 1. The summed E-state index contributed by atoms with van der Waals surface area (Å²) >= 11 is 3.77. The van der Waals surface area contributed by atoms with Crippen LogP contribution in [-0.2, 0) is 0 Å². The van der Waals surface area contributed by atoms with Gasteiger partial charge in [-0.25, -0.2) is 18.6 Å². The van der Waals surface area contributed by atoms with E-state index in [4.69, 9.17) is 5.11 Å². The summed E-state index contributed by atoms with van der Waals surface area (Å²) in [6.07, 6.45) is 0. The highest BCUT2D eigenvalue weighted by molar-refractivity contribution is 9.10. The van der Waals surface area contributed by atoms with Crippen LogP contribution in [0.1, 0.15) is 27.1 Å². The summed E-state index contributed by atoms with van der Waals surface area (Å²) in [5.41, 5.74) is -0.508. The number of ketones is 1. The lowest BCUT2D eigenvalue weighted by Gasteiger charge is -2.06. The lowest BCUT2D eigenvalue weighted by atomic mass is 10.3. The molecule has 2 N–H and O–H groups in total. The average molecular weight is 377 g/mol. The van der Waals surface area contributed by atoms with Crippen LogP contribution in [0.15, 0.2) is 16.6 Å². The molecular weight excluding hydrogens is 370 g/mol. The molecular formula is C12H7BrF2N2O3S. The number of nitrogens with zero attached hydrogens (tertiary/aromatic N) is 1. The van der Waals surface area contributed by atoms with Gasteiger partial charge in [-0.05, 0) is 22.0 Å². The molecule has 1 heterocycles. The minimum absolute atomic E-state index is 0.0174. The molecule has 1 aromatic carbocycles. The first-order valence-electron chi connectivity index (χ1n) is 5.46. The Morgan fingerprint density at radius 2 is 2.05 bits per heavy atom. The van der Waals surface area contributed by atoms with Gasteiger partial charge in [0.1, 0.15) is 10.7 Å². The number of aromatic carboxylic acids is 1. The monoisotopic (exact) mass is 376 g/mol. The van der Waals surface area contributed by atoms with Crippen LogP contribution in [0, 0.1) is 11.6 Å². The number of carbonyl (C=O) groups is 2. The van der Waals surface area contributed by atoms with E-state index in [1.165, 1.54) is 6.92 Å². The molecule has 0 saturated heterocycles. The molecule has 0 spiro atoms. The molecule has 0 aliphatic carbocycles. The standard InChI is InChI=1S/C12H7BrF2N2O3S/c1-4(18)10-9(11(19)20)17-12(21-10)16-8-6(13)2-5(14)3-7(8)15/h2-3H,1H3,(H,16,17)(H,19,20). The van der Waals surface area contributed by atoms with Crippen molar-refractivity contribution >= 4 is 49.8 Å². The Balaban J connectivity index is 2.43. The Morgan fingerprint density at radius 3 is 2.52 bits per heavy atom. The number of hydrogen-bond acceptors (Lipinski definition) is 5. The summed E-state index contributed by atoms with van der Waals surface area (Å²) in [5, 5.41) is 11.5. The van der Waals surface area contributed by atoms with Crippen molar-refractivity contribution in [2.24, 2.45) is 0 Å². The van der Waals surface area contributed by atoms with E-state index in [9.17, 15) is 18.4 Å². The van der Waals surface area contributed by atoms with Crippen LogP contribution in [0.4, 0.5) is 19.6 Å². The summed E-state index contributed by atoms with van der Waals surface area (Å²) in [5.74, 6) is -3.46. The Bertz CT molecular complexity index is 694. The van der Waals surface area contributed by atoms with Crippen LogP contribution in [-0.4, -0.2) is 21.8 Å². The van der Waals surface area contributed by atoms with Gasteiger partial charge in [-0.2, -0.15) is 0 Å². The van der Waals surface area contributed by atoms with Crippen molar-refractivity contribution in [1.82, 2.24) is 4.98 Å². The third-order valence-corrected chi connectivity index (χ3v) is 4.09. The van der Waals surface area contributed by atoms with Crippen molar-refractivity contribution in [2.75, 3.05) is 5.32 Å². The van der Waals surface area contributed by atoms with Gasteiger partial charge >= 0.3 is 5.97 Å². The van der Waals surface area contributed by atoms with Crippen molar-refractivity contribution in [3.63, 3.8) is 0 Å². The van der Waals surface area contributed by atoms with Crippen molar-refractivity contribution in [3.8, 4) is 0 Å². The number of anilines is 2. The molecule has 5 nitrogen and oxygen atoms in total. The van der Waals surface area contributed by atoms with Crippen LogP contribution >= 0.6 is 27.3 Å². The molecule has 9 heteroatoms. The van der Waals surface area contributed by atoms with Crippen LogP contribution in [0.5, 0.6) is 0 Å². The molecule has 2 aromatic rings. The van der Waals surface area contributed by atoms with Gasteiger partial charge in [0.15, 0.2) is 22.4 Å². The predicted molar refractivity (Wildman–Crippen MR) is 76.4 cm³/mol. The summed E-state index contributed by atoms with van der Waals surface area (Å²) in [7, 11) is 0. The van der Waals surface area contributed by atoms with Crippen LogP contribution in [0.3, 0.4) is 0 Å². The number of benzene rings is 1. The topological polar surface area (TPSA) is 79.3 Å². The predicted octanol–water partition coefficient (Wildman–Crippen LogP) is 3.83. The zero-order valence-electron chi connectivity index (χ0n) is 10.4. The number of rotatable bonds is 4. The summed E-state index contributed by atoms with van der Waals surface area (Å²) in [6.45, 7) is 1.21. The van der Waals surface area contributed by atoms with Gasteiger partial charge in [0.25, 0.3) is 0 Å². The van der Waals surface area contributed by atoms with Crippen molar-refractivity contribution < 1.29 is 23.5 Å². The highest BCUT2D eigenvalue weighted by Gasteiger charge is 2.21. The SMILES string of the molecule is CC(=O)c1sc(Nc2c(F)cc(F)cc2Br)nc1C(=O)O. The number of Topliss-reactive ketones (excluding diaryl/α,β-unsaturated/α-hetero) is 1. The van der Waals surface area contributed by atoms with Gasteiger partial charge in [0.2, 0.25) is 0 Å². The molecule has 0 saturated carbocycles. The second kappa shape index (κ2) is 5.86. The molecule has 21 heavy (non-hydrogen) atoms. The largest absolute Gasteiger partial charge is 0.476 e. The molecule has 0 radical (unpaired) electrons. The molecule has 0 unspecified atom stereocenters. The maximum Gasteiger partial charge on any atom is 0.356 e. The first-order valence-corrected chi connectivity index (χ1v) is 7.07. The number of halogens is 3. The van der Waals surface area contributed by atoms with Crippen molar-refractivity contribution in [2.45, 2.75) is 6.92 Å². The fourth-order valence-corrected chi connectivity index (χ4v) is 2.89. The fourth-order valence-electron chi connectivity index (χ4n) is 1.53. The zero-order valence-corrected chi connectivity index (χ0v) is 12.8. The Kier molecular flexibility index (Phi) is 4.33. The van der Waals surface area contributed by atoms with Crippen LogP contribution in [0.2, 0.25) is 0 Å². The Labute approximate surface area is 129 Å². The average Bonchev–Trinajstić information content (AvgIpc) is 2.78. The maximum atomic E-state index is 13.7. The van der Waals surface area contributed by atoms with E-state index < -0.39 is 29.1 Å². The number of carboxylic acid groups (broad SMARTS) is 1. The number of thiazole rings is 1. The lowest BCUT2D eigenvalue weighted by Crippen LogP contribution is -2.04. The van der Waals surface area contributed by atoms with E-state index in [1.807, 2.05) is 0 Å². The summed E-state index contributed by atoms with van der Waals surface area (Å²) in [4.78, 5) is 26.0. The smallest absolute Gasteiger partial charge is 0.356 e. The molecule has 0 fully saturated rings. The third-order valence-electron chi connectivity index (χ3n) is 2.39. The molecule has 0 atom stereocenters. The molecule has 0 aliphatic rings. The molecule has 1 aromatic heterocycles. The quantitative estimate of drug-likeness (QED) is 0.792. The molecule has 0 bridgehead atoms. The van der Waals surface area contributed by atoms with Gasteiger partial charge in [-0.1, -0.05) is 11.3 Å². The van der Waals surface area contributed by atoms with Crippen LogP contribution in [0.25, 0.3) is 0 Å². The first kappa shape index (κ1) is 15.5. The fraction of sp³-hybridized carbons (Fsp3) is 0.0833. The normalized spacial score (nSPS) is 10.5. The van der Waals surface area contributed by atoms with E-state index in [2.05, 4.69) is 26.2 Å². The summed E-state index contributed by atoms with van der Waals surface area (Å²) in [6, 6.07) is 1.72. The second-order valence-corrected chi connectivity index (χ2v) is 5.78. The highest BCUT2D eigenvalue weighted by atomic mass is 79.9. The number of carboxylic acids is 1. The first-order chi connectivity index (χ1) is 9.79. The van der Waals surface area contributed by atoms with Gasteiger partial charge in [-0.3, -0.25) is 4.79 Å². The van der Waals surface area contributed by atoms with Gasteiger partial charge in [-0.15, -0.1) is 0 Å². The van der Waals surface area contributed by atoms with Gasteiger partial charge in [0, 0.05) is 17.5 Å². The second-order valence-electron chi connectivity index (χ2n) is 3.93. The lowest BCUT2D eigenvalue weighted by molar-refractivity contribution is 0.0687. The van der Waals surface area contributed by atoms with Crippen molar-refractivity contribution in [1.29, 1.82) is 0 Å². The third kappa shape index (κ3) is 3.24. The van der Waals surface area contributed by atoms with E-state index in [0.717, 1.165) is 17.4 Å². The van der Waals surface area contributed by atoms with E-state index >= 15 is 0 Å². The molecule has 2 rings (SSSR count). The molecule has 0 amide bonds. The van der Waals surface area contributed by atoms with Gasteiger partial charge in [0.05, 0.1) is 5.69 Å². The highest BCUT2D eigenvalue weighted by Crippen LogP contribution is 2.32. The molecule has 110 valence electrons. The van der Waals surface area contributed by atoms with Crippen molar-refractivity contribution in [3.05, 3.63) is 38.8 Å². The minimum atomic E-state index is -1.36. The Hall–Kier alpha value is -1.87. The minimum Gasteiger partial charge on any atom is -0.476 e. The van der Waals surface area contributed by atoms with E-state index in [1.54, 1.807) is 0 Å². The number of nitrogens with one attached hydrogen (secondary N) is 1. The number of hydrogen-bond donors (Lipinski definition) is 2. The molecule has 0 aliphatic heterocycles. The van der Waals surface area contributed by atoms with E-state index in [0.29, 0.717) is 6.07 Å². The van der Waals surface area contributed by atoms with Crippen LogP contribution < -0.4 is 5.32 Å². The summed E-state index contributed by atoms with van der Waals surface area (Å²) < 4.78 is 26.8. The maximum absolute atomic E-state index is 13.7. The van der Waals surface area contributed by atoms with E-state index in [-0.39, 0.29) is 20.2 Å². The zero-order chi connectivity index (χ0) is 15.7. The Morgan fingerprint density at radius 1 is 1.38 bits per heavy atom. The number of aromatic nitrogens is 1. The van der Waals surface area contributed by atoms with Gasteiger partial charge < -0.3 is 10.4 Å².